The van der Waals surface area contributed by atoms with Gasteiger partial charge < -0.3 is 102 Å². The standard InChI is InChI=1S/C16H16N2O5.C15H11ClN2O3.C15H12N2O4.C14H11ClN2O2.C12H10O.C10H8N2O3.C10H10N2O.C5H6O2.C2H6O.CO2.CH4O.CH4S.B.Cl3OP.2Na.H2.H/c1-21-11-7-10-5-4-6-17-15(10)12(8-11)18-13(16(20)23-3)9-14(19)22-2;1-20-11-6-8-4-3-5-17-13(8)14-12(11)9(16)7-10(18-14)15(19)21-2;1-20-11-6-8-4-3-5-16-13(8)14-12(11)10(18)7-9(17-14)15(19)21-2;1-19-11-5-8-3-2-4-16-13(8)14-12(11)10(15)6-9(7-18)17-14;1-3-7-11(8-4-1)13-12-9-5-2-6-10-12;1-15-8-5-7-3-2-4-11-10(7)9(6-8)12(13)14;1-13-8-5-7-3-2-4-12-10(7)9(11)6-8;1-3-4-5(6)7-2;1-2-3;2-1-3;2*1-2;;1-5(2,3)4;;;;/h4-9,18H,1-3H3;3-7H,1-2H3;3-7H,1-2H3,(H,17,18);2-6,18H,7H2,1H3;1-10H;2-6H,1H3;2-6H,11H2,1H3;1-2H3;3H,2H2,1H3;;2*2H,1H3;;;;;1H;/q;;;;;;;;;;;;;;2*+1;;-1/p-1/b13-9-;;;;;;;;;;;;;;;;;/i;;;;;;;;;;;;;;;;1+1;. The first-order valence-electron chi connectivity index (χ1n) is 42.1. The number of nitrogens with one attached hydrogen (secondary N) is 2. The van der Waals surface area contributed by atoms with E-state index >= 15 is 0 Å². The van der Waals surface area contributed by atoms with Gasteiger partial charge in [-0.3, -0.25) is 44.4 Å². The van der Waals surface area contributed by atoms with Crippen molar-refractivity contribution in [3.05, 3.63) is 303 Å². The number of hydrogen-bond acceptors (Lipinski definition) is 37. The van der Waals surface area contributed by atoms with Crippen molar-refractivity contribution in [1.82, 2.24) is 44.9 Å². The summed E-state index contributed by atoms with van der Waals surface area (Å²) in [5.74, 6) is 6.75. The second-order valence-electron chi connectivity index (χ2n) is 27.5. The van der Waals surface area contributed by atoms with E-state index in [1.54, 1.807) is 127 Å². The fraction of sp³-hybridized carbons (Fsp3) is 0.167. The predicted molar refractivity (Wildman–Crippen MR) is 576 cm³/mol. The molecule has 775 valence electrons. The van der Waals surface area contributed by atoms with Crippen molar-refractivity contribution in [2.75, 3.05) is 109 Å². The molecule has 0 aliphatic rings. The molecule has 17 aromatic rings. The molecule has 0 atom stereocenters. The van der Waals surface area contributed by atoms with E-state index in [9.17, 15) is 48.6 Å². The molecule has 0 unspecified atom stereocenters. The number of nitrogen functional groups attached to an aromatic ring is 1. The predicted octanol–water partition coefficient (Wildman–Crippen LogP) is 13.5. The molecule has 0 saturated carbocycles. The van der Waals surface area contributed by atoms with Gasteiger partial charge in [0.15, 0.2) is 11.1 Å². The maximum Gasteiger partial charge on any atom is 1.00 e. The number of esters is 5. The molecule has 3 radical (unpaired) electrons. The quantitative estimate of drug-likeness (QED) is 0.00425. The zero-order valence-corrected chi connectivity index (χ0v) is 93.2. The van der Waals surface area contributed by atoms with Crippen LogP contribution in [0.2, 0.25) is 10.0 Å². The molecule has 8 aromatic carbocycles. The van der Waals surface area contributed by atoms with Crippen LogP contribution in [0.5, 0.6) is 46.0 Å². The summed E-state index contributed by atoms with van der Waals surface area (Å²) in [6, 6.07) is 61.7. The van der Waals surface area contributed by atoms with Gasteiger partial charge in [-0.25, -0.2) is 38.9 Å². The van der Waals surface area contributed by atoms with Gasteiger partial charge in [-0.15, -0.1) is 0 Å². The van der Waals surface area contributed by atoms with Crippen LogP contribution in [0, 0.1) is 22.0 Å². The molecule has 9 heterocycles. The number of methoxy groups -OCH3 is 11. The van der Waals surface area contributed by atoms with Crippen molar-refractivity contribution in [2.45, 2.75) is 20.5 Å². The van der Waals surface area contributed by atoms with Crippen molar-refractivity contribution in [1.29, 1.82) is 0 Å². The number of aromatic amines is 1. The van der Waals surface area contributed by atoms with Gasteiger partial charge >= 0.3 is 100 Å². The van der Waals surface area contributed by atoms with Gasteiger partial charge in [0.2, 0.25) is 0 Å². The summed E-state index contributed by atoms with van der Waals surface area (Å²) < 4.78 is 69.2. The number of rotatable bonds is 16. The van der Waals surface area contributed by atoms with Gasteiger partial charge in [0.05, 0.1) is 178 Å². The summed E-state index contributed by atoms with van der Waals surface area (Å²) >= 11 is 30.5. The van der Waals surface area contributed by atoms with Crippen LogP contribution in [0.25, 0.3) is 98.1 Å². The van der Waals surface area contributed by atoms with E-state index in [4.69, 9.17) is 86.6 Å². The van der Waals surface area contributed by atoms with E-state index in [1.165, 1.54) is 81.3 Å². The second kappa shape index (κ2) is 69.9. The number of carbonyl (C=O) groups is 5. The molecule has 48 heteroatoms. The number of nitrogens with two attached hydrogens (primary N) is 1. The Morgan fingerprint density at radius 3 is 1.30 bits per heavy atom. The number of benzene rings is 8. The number of fused-ring (bicyclic) bond motifs is 12. The minimum atomic E-state index is -3.22. The number of nitro groups is 1. The Balaban J connectivity index is 0.00000169. The first-order valence-corrected chi connectivity index (χ1v) is 48.1. The number of ether oxygens (including phenoxy) is 12. The second-order valence-corrected chi connectivity index (χ2v) is 35.0. The van der Waals surface area contributed by atoms with E-state index in [0.29, 0.717) is 116 Å². The third-order valence-corrected chi connectivity index (χ3v) is 19.3. The van der Waals surface area contributed by atoms with Crippen LogP contribution < -0.4 is 109 Å². The van der Waals surface area contributed by atoms with Gasteiger partial charge in [0, 0.05) is 117 Å². The van der Waals surface area contributed by atoms with Crippen LogP contribution >= 0.6 is 62.1 Å². The first kappa shape index (κ1) is 132. The molecule has 38 nitrogen and oxygen atoms in total. The van der Waals surface area contributed by atoms with Gasteiger partial charge in [-0.1, -0.05) is 102 Å². The van der Waals surface area contributed by atoms with Crippen molar-refractivity contribution < 1.29 is 177 Å². The maximum atomic E-state index is 12.3. The number of non-ortho nitro benzene ring substituents is 1. The minimum Gasteiger partial charge on any atom is -1.00 e. The zero-order valence-electron chi connectivity index (χ0n) is 84.7. The number of aliphatic hydroxyl groups is 3. The molecular formula is C102H100BCl5N12Na2O26PS. The molecule has 0 amide bonds. The minimum absolute atomic E-state index is 0. The van der Waals surface area contributed by atoms with Crippen molar-refractivity contribution in [3.8, 4) is 57.8 Å². The fourth-order valence-electron chi connectivity index (χ4n) is 12.6. The summed E-state index contributed by atoms with van der Waals surface area (Å²) in [6.45, 7) is 3.35. The molecule has 0 spiro atoms. The van der Waals surface area contributed by atoms with Crippen LogP contribution in [0.3, 0.4) is 0 Å². The molecule has 0 aliphatic carbocycles. The van der Waals surface area contributed by atoms with E-state index in [2.05, 4.69) is 127 Å². The number of pyridine rings is 9. The van der Waals surface area contributed by atoms with Gasteiger partial charge in [-0.2, -0.15) is 15.8 Å². The van der Waals surface area contributed by atoms with Gasteiger partial charge in [-0.05, 0) is 157 Å². The van der Waals surface area contributed by atoms with E-state index in [0.717, 1.165) is 68.4 Å². The van der Waals surface area contributed by atoms with Crippen LogP contribution in [-0.4, -0.2) is 208 Å². The molecule has 17 rings (SSSR count). The normalized spacial score (nSPS) is 9.77. The topological polar surface area (TPSA) is 525 Å². The first-order chi connectivity index (χ1) is 70.7. The number of hydrogen-bond donors (Lipinski definition) is 6. The van der Waals surface area contributed by atoms with Crippen molar-refractivity contribution in [3.63, 3.8) is 0 Å². The third kappa shape index (κ3) is 40.1. The Bertz CT molecular complexity index is 7600. The van der Waals surface area contributed by atoms with E-state index in [1.807, 2.05) is 133 Å². The van der Waals surface area contributed by atoms with Crippen LogP contribution in [0.15, 0.2) is 260 Å². The molecule has 0 aliphatic heterocycles. The number of halogens is 5. The van der Waals surface area contributed by atoms with Crippen LogP contribution in [0.4, 0.5) is 17.1 Å². The monoisotopic (exact) mass is 2200 g/mol. The summed E-state index contributed by atoms with van der Waals surface area (Å²) in [4.78, 5) is 133. The molecule has 0 bridgehead atoms. The fourth-order valence-corrected chi connectivity index (χ4v) is 13.2. The van der Waals surface area contributed by atoms with Gasteiger partial charge in [0.1, 0.15) is 73.9 Å². The Labute approximate surface area is 938 Å². The Hall–Kier alpha value is -14.1. The molecule has 0 fully saturated rings. The number of para-hydroxylation sites is 2. The number of anilines is 2. The molecule has 150 heavy (non-hydrogen) atoms. The van der Waals surface area contributed by atoms with Crippen molar-refractivity contribution in [2.24, 2.45) is 0 Å². The average Bonchev–Trinajstić information content (AvgIpc) is 0.762. The Morgan fingerprint density at radius 2 is 0.893 bits per heavy atom. The number of nitrogens with zero attached hydrogens (tertiary/aromatic N) is 9. The number of carbonyl (C=O) groups excluding carboxylic acids is 7. The Kier molecular flexibility index (Phi) is 61.5. The average molecular weight is 2210 g/mol. The van der Waals surface area contributed by atoms with Gasteiger partial charge in [0.25, 0.3) is 5.69 Å². The van der Waals surface area contributed by atoms with E-state index < -0.39 is 40.0 Å². The molecule has 0 saturated heterocycles. The third-order valence-electron chi connectivity index (χ3n) is 18.7. The van der Waals surface area contributed by atoms with Crippen LogP contribution in [0.1, 0.15) is 43.4 Å². The summed E-state index contributed by atoms with van der Waals surface area (Å²) in [5.41, 5.74) is 12.7. The number of aliphatic hydroxyl groups excluding tert-OH is 3. The zero-order chi connectivity index (χ0) is 109. The van der Waals surface area contributed by atoms with E-state index in [-0.39, 0.29) is 118 Å². The summed E-state index contributed by atoms with van der Waals surface area (Å²) in [7, 11) is 16.6. The summed E-state index contributed by atoms with van der Waals surface area (Å²) in [6.07, 6.45) is 12.7. The summed E-state index contributed by atoms with van der Waals surface area (Å²) in [5, 5.41) is 41.9. The smallest absolute Gasteiger partial charge is 1.00 e. The largest absolute Gasteiger partial charge is 1.00 e. The SMILES string of the molecule is CC#CC(=O)OC.CCO.CO.COC(=O)/C=C(\Nc1cc(OC)cc2cccnc12)C(=O)OC.COC(=O)c1cc(=O)c2c(OC)cc3cccnc3c2[nH]1.COC(=O)c1cc(Cl)c2c(OC)cc3cccnc3c2n1.COc1cc(N)c2ncccc2c1.COc1cc([N+](=O)[O-])c2ncccc2c1.COc1cc2cccnc2c2nc(CO)cc(Cl)c12.C[S-].O=C=O.O=P(Cl)(Cl)Cl.[2HH].[B].[H-].[Na+].[Na+].c1ccc(Oc2ccccc2)cc1. The number of aromatic nitrogens is 9. The molecule has 7 N–H and O–H groups in total. The van der Waals surface area contributed by atoms with Crippen LogP contribution in [-0.2, 0) is 71.5 Å². The molecular weight excluding hydrogens is 2110 g/mol. The van der Waals surface area contributed by atoms with Crippen molar-refractivity contribution >= 4 is 234 Å². The maximum absolute atomic E-state index is 12.3. The Morgan fingerprint density at radius 1 is 0.507 bits per heavy atom. The number of H-pyrrole nitrogens is 1. The molecule has 9 aromatic heterocycles. The number of nitro benzene ring substituents is 1.